The zero-order chi connectivity index (χ0) is 14.7. The molecule has 2 aromatic carbocycles. The molecule has 0 heterocycles. The molecule has 0 aliphatic carbocycles. The van der Waals surface area contributed by atoms with Gasteiger partial charge in [-0.2, -0.15) is 0 Å². The Bertz CT molecular complexity index is 609. The van der Waals surface area contributed by atoms with Crippen molar-refractivity contribution >= 4 is 59.4 Å². The number of carboxylic acids is 1. The third-order valence-electron chi connectivity index (χ3n) is 2.68. The van der Waals surface area contributed by atoms with Gasteiger partial charge in [-0.1, -0.05) is 46.3 Å². The maximum atomic E-state index is 11.5. The Hall–Kier alpha value is -0.850. The van der Waals surface area contributed by atoms with Gasteiger partial charge in [-0.05, 0) is 49.6 Å². The van der Waals surface area contributed by atoms with Crippen LogP contribution >= 0.6 is 47.8 Å². The fraction of sp³-hybridized carbons (Fsp3) is 0.0714. The first kappa shape index (κ1) is 15.5. The summed E-state index contributed by atoms with van der Waals surface area (Å²) in [6.07, 6.45) is 0. The Balaban J connectivity index is 2.38. The average molecular weight is 464 g/mol. The van der Waals surface area contributed by atoms with Crippen molar-refractivity contribution in [3.8, 4) is 0 Å². The number of carboxylic acid groups (broad SMARTS) is 1. The number of halogens is 3. The molecule has 0 aliphatic rings. The van der Waals surface area contributed by atoms with Gasteiger partial charge in [0.25, 0.3) is 0 Å². The smallest absolute Gasteiger partial charge is 0.330 e. The largest absolute Gasteiger partial charge is 0.479 e. The number of anilines is 1. The highest BCUT2D eigenvalue weighted by Gasteiger charge is 2.21. The molecule has 0 radical (unpaired) electrons. The zero-order valence-electron chi connectivity index (χ0n) is 10.1. The first-order chi connectivity index (χ1) is 9.49. The van der Waals surface area contributed by atoms with Crippen LogP contribution in [-0.2, 0) is 4.79 Å². The first-order valence-electron chi connectivity index (χ1n) is 5.68. The molecule has 1 unspecified atom stereocenters. The molecule has 1 atom stereocenters. The molecule has 0 aromatic heterocycles. The molecular weight excluding hydrogens is 454 g/mol. The van der Waals surface area contributed by atoms with E-state index in [1.807, 2.05) is 30.3 Å². The van der Waals surface area contributed by atoms with Crippen LogP contribution < -0.4 is 5.32 Å². The van der Waals surface area contributed by atoms with Gasteiger partial charge in [0.1, 0.15) is 0 Å². The summed E-state index contributed by atoms with van der Waals surface area (Å²) >= 11 is 10.2. The molecule has 0 spiro atoms. The van der Waals surface area contributed by atoms with Gasteiger partial charge in [-0.3, -0.25) is 0 Å². The summed E-state index contributed by atoms with van der Waals surface area (Å²) in [7, 11) is 0. The summed E-state index contributed by atoms with van der Waals surface area (Å²) in [6.45, 7) is 0. The summed E-state index contributed by atoms with van der Waals surface area (Å²) in [4.78, 5) is 11.5. The molecule has 0 saturated heterocycles. The molecule has 2 N–H and O–H groups in total. The summed E-state index contributed by atoms with van der Waals surface area (Å²) in [5.41, 5.74) is 1.39. The molecule has 2 aromatic rings. The van der Waals surface area contributed by atoms with E-state index < -0.39 is 12.0 Å². The molecule has 0 bridgehead atoms. The lowest BCUT2D eigenvalue weighted by molar-refractivity contribution is -0.138. The van der Waals surface area contributed by atoms with Crippen LogP contribution in [-0.4, -0.2) is 11.1 Å². The van der Waals surface area contributed by atoms with Crippen LogP contribution in [0.25, 0.3) is 0 Å². The van der Waals surface area contributed by atoms with Crippen LogP contribution in [0.1, 0.15) is 11.6 Å². The highest BCUT2D eigenvalue weighted by molar-refractivity contribution is 9.11. The Labute approximate surface area is 141 Å². The SMILES string of the molecule is O=C(O)C(Nc1c(Br)cc(Br)cc1Br)c1ccccc1. The van der Waals surface area contributed by atoms with E-state index in [0.717, 1.165) is 13.4 Å². The van der Waals surface area contributed by atoms with Crippen LogP contribution in [0.4, 0.5) is 5.69 Å². The number of carbonyl (C=O) groups is 1. The third-order valence-corrected chi connectivity index (χ3v) is 4.38. The van der Waals surface area contributed by atoms with Crippen LogP contribution in [0.2, 0.25) is 0 Å². The van der Waals surface area contributed by atoms with Gasteiger partial charge in [-0.15, -0.1) is 0 Å². The second-order valence-corrected chi connectivity index (χ2v) is 6.70. The molecule has 0 saturated carbocycles. The van der Waals surface area contributed by atoms with Crippen molar-refractivity contribution in [1.82, 2.24) is 0 Å². The Morgan fingerprint density at radius 2 is 1.60 bits per heavy atom. The van der Waals surface area contributed by atoms with E-state index in [9.17, 15) is 9.90 Å². The highest BCUT2D eigenvalue weighted by Crippen LogP contribution is 2.36. The van der Waals surface area contributed by atoms with Gasteiger partial charge in [0.15, 0.2) is 6.04 Å². The van der Waals surface area contributed by atoms with Crippen LogP contribution in [0, 0.1) is 0 Å². The molecule has 104 valence electrons. The van der Waals surface area contributed by atoms with Gasteiger partial charge in [0.05, 0.1) is 5.69 Å². The topological polar surface area (TPSA) is 49.3 Å². The molecular formula is C14H10Br3NO2. The van der Waals surface area contributed by atoms with Crippen molar-refractivity contribution in [3.63, 3.8) is 0 Å². The quantitative estimate of drug-likeness (QED) is 0.654. The fourth-order valence-electron chi connectivity index (χ4n) is 1.76. The minimum atomic E-state index is -0.932. The lowest BCUT2D eigenvalue weighted by Crippen LogP contribution is -2.20. The monoisotopic (exact) mass is 461 g/mol. The maximum absolute atomic E-state index is 11.5. The van der Waals surface area contributed by atoms with Gasteiger partial charge in [0.2, 0.25) is 0 Å². The summed E-state index contributed by atoms with van der Waals surface area (Å²) in [6, 6.07) is 12.0. The van der Waals surface area contributed by atoms with Gasteiger partial charge >= 0.3 is 5.97 Å². The summed E-state index contributed by atoms with van der Waals surface area (Å²) in [5.74, 6) is -0.932. The second-order valence-electron chi connectivity index (χ2n) is 4.07. The predicted octanol–water partition coefficient (Wildman–Crippen LogP) is 5.21. The molecule has 0 amide bonds. The summed E-state index contributed by atoms with van der Waals surface area (Å²) < 4.78 is 2.45. The van der Waals surface area contributed by atoms with Gasteiger partial charge < -0.3 is 10.4 Å². The lowest BCUT2D eigenvalue weighted by atomic mass is 10.1. The number of rotatable bonds is 4. The van der Waals surface area contributed by atoms with Crippen molar-refractivity contribution in [3.05, 3.63) is 61.4 Å². The second kappa shape index (κ2) is 6.74. The molecule has 20 heavy (non-hydrogen) atoms. The minimum absolute atomic E-state index is 0.696. The Kier molecular flexibility index (Phi) is 5.23. The van der Waals surface area contributed by atoms with Crippen LogP contribution in [0.3, 0.4) is 0 Å². The predicted molar refractivity (Wildman–Crippen MR) is 90.0 cm³/mol. The molecule has 0 aliphatic heterocycles. The Morgan fingerprint density at radius 3 is 2.10 bits per heavy atom. The third kappa shape index (κ3) is 3.62. The molecule has 3 nitrogen and oxygen atoms in total. The normalized spacial score (nSPS) is 11.9. The van der Waals surface area contributed by atoms with E-state index in [1.165, 1.54) is 0 Å². The van der Waals surface area contributed by atoms with Crippen LogP contribution in [0.15, 0.2) is 55.9 Å². The number of hydrogen-bond donors (Lipinski definition) is 2. The highest BCUT2D eigenvalue weighted by atomic mass is 79.9. The Morgan fingerprint density at radius 1 is 1.05 bits per heavy atom. The lowest BCUT2D eigenvalue weighted by Gasteiger charge is -2.18. The van der Waals surface area contributed by atoms with Crippen molar-refractivity contribution in [2.45, 2.75) is 6.04 Å². The first-order valence-corrected chi connectivity index (χ1v) is 8.06. The van der Waals surface area contributed by atoms with Crippen molar-refractivity contribution in [2.75, 3.05) is 5.32 Å². The molecule has 2 rings (SSSR count). The van der Waals surface area contributed by atoms with Gasteiger partial charge in [0, 0.05) is 13.4 Å². The minimum Gasteiger partial charge on any atom is -0.479 e. The van der Waals surface area contributed by atoms with Gasteiger partial charge in [-0.25, -0.2) is 4.79 Å². The number of benzene rings is 2. The van der Waals surface area contributed by atoms with Crippen LogP contribution in [0.5, 0.6) is 0 Å². The fourth-order valence-corrected chi connectivity index (χ4v) is 4.25. The average Bonchev–Trinajstić information content (AvgIpc) is 2.38. The number of hydrogen-bond acceptors (Lipinski definition) is 2. The molecule has 6 heteroatoms. The number of aliphatic carboxylic acids is 1. The zero-order valence-corrected chi connectivity index (χ0v) is 14.9. The van der Waals surface area contributed by atoms with Crippen molar-refractivity contribution in [2.24, 2.45) is 0 Å². The van der Waals surface area contributed by atoms with Crippen molar-refractivity contribution < 1.29 is 9.90 Å². The van der Waals surface area contributed by atoms with E-state index in [4.69, 9.17) is 0 Å². The van der Waals surface area contributed by atoms with Crippen molar-refractivity contribution in [1.29, 1.82) is 0 Å². The van der Waals surface area contributed by atoms with E-state index in [-0.39, 0.29) is 0 Å². The standard InChI is InChI=1S/C14H10Br3NO2/c15-9-6-10(16)13(11(17)7-9)18-12(14(19)20)8-4-2-1-3-5-8/h1-7,12,18H,(H,19,20). The summed E-state index contributed by atoms with van der Waals surface area (Å²) in [5, 5.41) is 12.5. The van der Waals surface area contributed by atoms with E-state index in [2.05, 4.69) is 53.1 Å². The number of nitrogens with one attached hydrogen (secondary N) is 1. The van der Waals surface area contributed by atoms with E-state index in [1.54, 1.807) is 12.1 Å². The van der Waals surface area contributed by atoms with E-state index in [0.29, 0.717) is 11.3 Å². The van der Waals surface area contributed by atoms with E-state index >= 15 is 0 Å². The molecule has 0 fully saturated rings. The maximum Gasteiger partial charge on any atom is 0.330 e.